The Morgan fingerprint density at radius 3 is 2.76 bits per heavy atom. The van der Waals surface area contributed by atoms with Crippen LogP contribution in [0.4, 0.5) is 0 Å². The monoisotopic (exact) mass is 237 g/mol. The van der Waals surface area contributed by atoms with E-state index < -0.39 is 5.97 Å². The van der Waals surface area contributed by atoms with Gasteiger partial charge in [0, 0.05) is 18.0 Å². The molecule has 1 aromatic carbocycles. The fourth-order valence-electron chi connectivity index (χ4n) is 1.69. The summed E-state index contributed by atoms with van der Waals surface area (Å²) in [4.78, 5) is 10.3. The van der Waals surface area contributed by atoms with Crippen molar-refractivity contribution in [2.45, 2.75) is 32.7 Å². The van der Waals surface area contributed by atoms with Crippen molar-refractivity contribution in [3.8, 4) is 5.75 Å². The highest BCUT2D eigenvalue weighted by molar-refractivity contribution is 5.66. The van der Waals surface area contributed by atoms with Gasteiger partial charge in [-0.15, -0.1) is 0 Å². The predicted octanol–water partition coefficient (Wildman–Crippen LogP) is 2.22. The number of hydrogen-bond acceptors (Lipinski definition) is 3. The Morgan fingerprint density at radius 1 is 1.47 bits per heavy atom. The van der Waals surface area contributed by atoms with E-state index in [0.717, 1.165) is 11.1 Å². The van der Waals surface area contributed by atoms with Gasteiger partial charge in [-0.25, -0.2) is 0 Å². The molecule has 4 nitrogen and oxygen atoms in total. The molecule has 1 unspecified atom stereocenters. The van der Waals surface area contributed by atoms with E-state index in [9.17, 15) is 9.90 Å². The Bertz CT molecular complexity index is 390. The van der Waals surface area contributed by atoms with E-state index in [-0.39, 0.29) is 18.2 Å². The van der Waals surface area contributed by atoms with Gasteiger partial charge in [0.05, 0.1) is 0 Å². The molecule has 1 aromatic rings. The van der Waals surface area contributed by atoms with E-state index in [1.54, 1.807) is 6.07 Å². The predicted molar refractivity (Wildman–Crippen MR) is 66.1 cm³/mol. The number of carboxylic acids is 1. The van der Waals surface area contributed by atoms with Crippen LogP contribution in [-0.4, -0.2) is 22.7 Å². The lowest BCUT2D eigenvalue weighted by Crippen LogP contribution is -2.20. The van der Waals surface area contributed by atoms with Crippen molar-refractivity contribution in [3.63, 3.8) is 0 Å². The first-order valence-electron chi connectivity index (χ1n) is 5.75. The first-order chi connectivity index (χ1) is 8.00. The third-order valence-electron chi connectivity index (χ3n) is 2.67. The molecule has 0 aliphatic rings. The van der Waals surface area contributed by atoms with Gasteiger partial charge in [-0.2, -0.15) is 0 Å². The molecular formula is C13H19NO3. The van der Waals surface area contributed by atoms with E-state index in [0.29, 0.717) is 13.0 Å². The Labute approximate surface area is 101 Å². The number of nitrogens with one attached hydrogen (secondary N) is 1. The molecule has 0 aromatic heterocycles. The molecule has 0 fully saturated rings. The minimum absolute atomic E-state index is 0.0180. The number of aromatic hydroxyl groups is 1. The lowest BCUT2D eigenvalue weighted by atomic mass is 10.0. The van der Waals surface area contributed by atoms with Gasteiger partial charge in [0.25, 0.3) is 0 Å². The van der Waals surface area contributed by atoms with Gasteiger partial charge in [0.2, 0.25) is 0 Å². The molecule has 0 bridgehead atoms. The van der Waals surface area contributed by atoms with Crippen molar-refractivity contribution >= 4 is 5.97 Å². The van der Waals surface area contributed by atoms with Crippen LogP contribution in [0.2, 0.25) is 0 Å². The van der Waals surface area contributed by atoms with Crippen molar-refractivity contribution in [1.82, 2.24) is 5.32 Å². The van der Waals surface area contributed by atoms with Crippen molar-refractivity contribution in [2.24, 2.45) is 0 Å². The molecule has 0 radical (unpaired) electrons. The second kappa shape index (κ2) is 6.25. The van der Waals surface area contributed by atoms with Crippen LogP contribution in [0.1, 0.15) is 36.9 Å². The smallest absolute Gasteiger partial charge is 0.303 e. The number of carbonyl (C=O) groups is 1. The highest BCUT2D eigenvalue weighted by atomic mass is 16.4. The molecule has 1 atom stereocenters. The van der Waals surface area contributed by atoms with Crippen LogP contribution in [0.3, 0.4) is 0 Å². The molecule has 3 N–H and O–H groups in total. The first-order valence-corrected chi connectivity index (χ1v) is 5.75. The van der Waals surface area contributed by atoms with Gasteiger partial charge in [0.15, 0.2) is 0 Å². The maximum absolute atomic E-state index is 10.3. The number of carboxylic acid groups (broad SMARTS) is 1. The molecule has 0 spiro atoms. The summed E-state index contributed by atoms with van der Waals surface area (Å²) < 4.78 is 0. The number of aliphatic carboxylic acids is 1. The SMILES string of the molecule is Cc1ccc(C(C)NCCCC(=O)O)c(O)c1. The minimum Gasteiger partial charge on any atom is -0.508 e. The standard InChI is InChI=1S/C13H19NO3/c1-9-5-6-11(12(15)8-9)10(2)14-7-3-4-13(16)17/h5-6,8,10,14-15H,3-4,7H2,1-2H3,(H,16,17). The maximum Gasteiger partial charge on any atom is 0.303 e. The first kappa shape index (κ1) is 13.5. The van der Waals surface area contributed by atoms with Crippen LogP contribution in [0.15, 0.2) is 18.2 Å². The summed E-state index contributed by atoms with van der Waals surface area (Å²) in [5.74, 6) is -0.499. The van der Waals surface area contributed by atoms with Crippen molar-refractivity contribution in [3.05, 3.63) is 29.3 Å². The normalized spacial score (nSPS) is 12.4. The van der Waals surface area contributed by atoms with Gasteiger partial charge in [-0.1, -0.05) is 12.1 Å². The van der Waals surface area contributed by atoms with E-state index in [4.69, 9.17) is 5.11 Å². The average Bonchev–Trinajstić information content (AvgIpc) is 2.23. The van der Waals surface area contributed by atoms with E-state index >= 15 is 0 Å². The zero-order valence-electron chi connectivity index (χ0n) is 10.2. The second-order valence-electron chi connectivity index (χ2n) is 4.24. The Hall–Kier alpha value is -1.55. The fourth-order valence-corrected chi connectivity index (χ4v) is 1.69. The van der Waals surface area contributed by atoms with E-state index in [1.807, 2.05) is 26.0 Å². The molecule has 1 rings (SSSR count). The Morgan fingerprint density at radius 2 is 2.18 bits per heavy atom. The lowest BCUT2D eigenvalue weighted by molar-refractivity contribution is -0.137. The lowest BCUT2D eigenvalue weighted by Gasteiger charge is -2.15. The molecule has 0 heterocycles. The van der Waals surface area contributed by atoms with Crippen LogP contribution >= 0.6 is 0 Å². The summed E-state index contributed by atoms with van der Waals surface area (Å²) in [5.41, 5.74) is 1.86. The topological polar surface area (TPSA) is 69.6 Å². The average molecular weight is 237 g/mol. The molecule has 0 amide bonds. The number of rotatable bonds is 6. The van der Waals surface area contributed by atoms with Crippen LogP contribution in [0.5, 0.6) is 5.75 Å². The summed E-state index contributed by atoms with van der Waals surface area (Å²) in [6.07, 6.45) is 0.756. The minimum atomic E-state index is -0.780. The molecule has 17 heavy (non-hydrogen) atoms. The highest BCUT2D eigenvalue weighted by Gasteiger charge is 2.09. The quantitative estimate of drug-likeness (QED) is 0.663. The van der Waals surface area contributed by atoms with Crippen LogP contribution in [0.25, 0.3) is 0 Å². The van der Waals surface area contributed by atoms with Crippen LogP contribution in [-0.2, 0) is 4.79 Å². The Kier molecular flexibility index (Phi) is 4.97. The zero-order valence-corrected chi connectivity index (χ0v) is 10.2. The van der Waals surface area contributed by atoms with Crippen molar-refractivity contribution in [2.75, 3.05) is 6.54 Å². The van der Waals surface area contributed by atoms with Gasteiger partial charge in [-0.3, -0.25) is 4.79 Å². The number of phenols is 1. The number of hydrogen-bond donors (Lipinski definition) is 3. The van der Waals surface area contributed by atoms with E-state index in [2.05, 4.69) is 5.32 Å². The zero-order chi connectivity index (χ0) is 12.8. The van der Waals surface area contributed by atoms with E-state index in [1.165, 1.54) is 0 Å². The largest absolute Gasteiger partial charge is 0.508 e. The summed E-state index contributed by atoms with van der Waals surface area (Å²) >= 11 is 0. The van der Waals surface area contributed by atoms with Crippen LogP contribution in [0, 0.1) is 6.92 Å². The summed E-state index contributed by atoms with van der Waals surface area (Å²) in [7, 11) is 0. The summed E-state index contributed by atoms with van der Waals surface area (Å²) in [6.45, 7) is 4.50. The van der Waals surface area contributed by atoms with Gasteiger partial charge >= 0.3 is 5.97 Å². The van der Waals surface area contributed by atoms with Crippen molar-refractivity contribution in [1.29, 1.82) is 0 Å². The fraction of sp³-hybridized carbons (Fsp3) is 0.462. The highest BCUT2D eigenvalue weighted by Crippen LogP contribution is 2.24. The molecule has 94 valence electrons. The third-order valence-corrected chi connectivity index (χ3v) is 2.67. The van der Waals surface area contributed by atoms with Crippen LogP contribution < -0.4 is 5.32 Å². The summed E-state index contributed by atoms with van der Waals surface area (Å²) in [6, 6.07) is 5.58. The Balaban J connectivity index is 2.46. The number of aryl methyl sites for hydroxylation is 1. The molecule has 0 aliphatic carbocycles. The van der Waals surface area contributed by atoms with Gasteiger partial charge in [-0.05, 0) is 38.4 Å². The number of benzene rings is 1. The number of phenolic OH excluding ortho intramolecular Hbond substituents is 1. The third kappa shape index (κ3) is 4.44. The van der Waals surface area contributed by atoms with Crippen molar-refractivity contribution < 1.29 is 15.0 Å². The maximum atomic E-state index is 10.3. The molecular weight excluding hydrogens is 218 g/mol. The molecule has 0 aliphatic heterocycles. The molecule has 4 heteroatoms. The molecule has 0 saturated heterocycles. The molecule has 0 saturated carbocycles. The van der Waals surface area contributed by atoms with Gasteiger partial charge < -0.3 is 15.5 Å². The second-order valence-corrected chi connectivity index (χ2v) is 4.24. The van der Waals surface area contributed by atoms with Gasteiger partial charge in [0.1, 0.15) is 5.75 Å². The summed E-state index contributed by atoms with van der Waals surface area (Å²) in [5, 5.41) is 21.5.